The van der Waals surface area contributed by atoms with Gasteiger partial charge in [0.1, 0.15) is 16.5 Å². The number of aliphatic hydroxyl groups excluding tert-OH is 1. The second-order valence-electron chi connectivity index (χ2n) is 10.2. The maximum atomic E-state index is 11.7. The fourth-order valence-corrected chi connectivity index (χ4v) is 6.60. The lowest BCUT2D eigenvalue weighted by molar-refractivity contribution is 0.0701. The molecule has 1 fully saturated rings. The Morgan fingerprint density at radius 1 is 1.12 bits per heavy atom. The highest BCUT2D eigenvalue weighted by Gasteiger charge is 2.28. The maximum absolute atomic E-state index is 11.7. The molecule has 40 heavy (non-hydrogen) atoms. The second kappa shape index (κ2) is 11.6. The summed E-state index contributed by atoms with van der Waals surface area (Å²) in [5, 5.41) is 28.1. The number of anilines is 4. The molecule has 0 bridgehead atoms. The Hall–Kier alpha value is -3.33. The molecule has 1 aromatic carbocycles. The standard InChI is InChI=1S/C26H33N7O5S2/c1-16-21(24(35)36)39-26(28-16)31-25-29-22-20(23(30-25)33-12-4-5-18(14-33)15-34)6-2-3-11-32(22)13-17-7-9-19(10-8-17)40(27,37)38/h7-10,18,34H,2-6,11-15H2,1H3,(H,35,36)(H2,27,37,38)(H,28,29,30,31). The number of aromatic carboxylic acids is 1. The van der Waals surface area contributed by atoms with Gasteiger partial charge in [-0.2, -0.15) is 9.97 Å². The van der Waals surface area contributed by atoms with Crippen molar-refractivity contribution in [3.63, 3.8) is 0 Å². The molecule has 12 nitrogen and oxygen atoms in total. The zero-order chi connectivity index (χ0) is 28.4. The second-order valence-corrected chi connectivity index (χ2v) is 12.8. The summed E-state index contributed by atoms with van der Waals surface area (Å²) in [6, 6.07) is 6.53. The number of carbonyl (C=O) groups is 1. The van der Waals surface area contributed by atoms with E-state index < -0.39 is 16.0 Å². The molecule has 214 valence electrons. The van der Waals surface area contributed by atoms with Gasteiger partial charge in [-0.1, -0.05) is 23.5 Å². The van der Waals surface area contributed by atoms with Crippen molar-refractivity contribution < 1.29 is 23.4 Å². The number of sulfonamides is 1. The smallest absolute Gasteiger partial charge is 0.347 e. The normalized spacial score (nSPS) is 17.8. The van der Waals surface area contributed by atoms with E-state index >= 15 is 0 Å². The number of hydrogen-bond donors (Lipinski definition) is 4. The van der Waals surface area contributed by atoms with Gasteiger partial charge in [-0.15, -0.1) is 0 Å². The summed E-state index contributed by atoms with van der Waals surface area (Å²) in [4.78, 5) is 30.4. The number of rotatable bonds is 8. The number of nitrogens with one attached hydrogen (secondary N) is 1. The summed E-state index contributed by atoms with van der Waals surface area (Å²) in [7, 11) is -3.78. The first-order valence-corrected chi connectivity index (χ1v) is 15.6. The molecular weight excluding hydrogens is 554 g/mol. The van der Waals surface area contributed by atoms with Crippen LogP contribution in [0.3, 0.4) is 0 Å². The van der Waals surface area contributed by atoms with Crippen molar-refractivity contribution in [2.24, 2.45) is 11.1 Å². The maximum Gasteiger partial charge on any atom is 0.347 e. The van der Waals surface area contributed by atoms with Gasteiger partial charge in [0.15, 0.2) is 5.13 Å². The first-order chi connectivity index (χ1) is 19.1. The molecule has 4 heterocycles. The van der Waals surface area contributed by atoms with E-state index in [1.54, 1.807) is 19.1 Å². The Balaban J connectivity index is 1.54. The quantitative estimate of drug-likeness (QED) is 0.305. The minimum absolute atomic E-state index is 0.0617. The fraction of sp³-hybridized carbons (Fsp3) is 0.462. The Morgan fingerprint density at radius 3 is 2.55 bits per heavy atom. The molecule has 0 amide bonds. The Labute approximate surface area is 236 Å². The van der Waals surface area contributed by atoms with E-state index in [-0.39, 0.29) is 22.3 Å². The largest absolute Gasteiger partial charge is 0.477 e. The monoisotopic (exact) mass is 587 g/mol. The number of fused-ring (bicyclic) bond motifs is 1. The van der Waals surface area contributed by atoms with Crippen molar-refractivity contribution in [2.75, 3.05) is 41.4 Å². The number of piperidine rings is 1. The van der Waals surface area contributed by atoms with E-state index in [1.165, 1.54) is 12.1 Å². The summed E-state index contributed by atoms with van der Waals surface area (Å²) < 4.78 is 23.4. The first-order valence-electron chi connectivity index (χ1n) is 13.2. The van der Waals surface area contributed by atoms with E-state index in [4.69, 9.17) is 15.1 Å². The number of aryl methyl sites for hydroxylation is 1. The predicted molar refractivity (Wildman–Crippen MR) is 153 cm³/mol. The molecule has 14 heteroatoms. The summed E-state index contributed by atoms with van der Waals surface area (Å²) in [6.07, 6.45) is 4.61. The molecule has 5 N–H and O–H groups in total. The Morgan fingerprint density at radius 2 is 1.88 bits per heavy atom. The number of aromatic nitrogens is 3. The third kappa shape index (κ3) is 6.19. The van der Waals surface area contributed by atoms with Gasteiger partial charge in [-0.05, 0) is 62.6 Å². The Bertz CT molecular complexity index is 1490. The van der Waals surface area contributed by atoms with Gasteiger partial charge in [-0.3, -0.25) is 5.32 Å². The average Bonchev–Trinajstić information content (AvgIpc) is 3.18. The van der Waals surface area contributed by atoms with Crippen molar-refractivity contribution in [2.45, 2.75) is 50.5 Å². The molecule has 0 spiro atoms. The molecule has 0 aliphatic carbocycles. The molecule has 0 radical (unpaired) electrons. The molecule has 1 unspecified atom stereocenters. The lowest BCUT2D eigenvalue weighted by Gasteiger charge is -2.35. The van der Waals surface area contributed by atoms with Crippen LogP contribution in [0.2, 0.25) is 0 Å². The van der Waals surface area contributed by atoms with Crippen LogP contribution < -0.4 is 20.3 Å². The number of nitrogens with two attached hydrogens (primary N) is 1. The van der Waals surface area contributed by atoms with E-state index in [0.29, 0.717) is 29.9 Å². The Kier molecular flexibility index (Phi) is 8.21. The summed E-state index contributed by atoms with van der Waals surface area (Å²) in [5.74, 6) is 1.04. The van der Waals surface area contributed by atoms with Crippen LogP contribution in [0.5, 0.6) is 0 Å². The van der Waals surface area contributed by atoms with Crippen LogP contribution in [0.4, 0.5) is 22.7 Å². The number of hydrogen-bond acceptors (Lipinski definition) is 11. The molecule has 1 atom stereocenters. The van der Waals surface area contributed by atoms with Crippen LogP contribution in [0.1, 0.15) is 52.2 Å². The van der Waals surface area contributed by atoms with Gasteiger partial charge in [0.2, 0.25) is 16.0 Å². The highest BCUT2D eigenvalue weighted by atomic mass is 32.2. The SMILES string of the molecule is Cc1nc(Nc2nc3c(c(N4CCCC(CO)C4)n2)CCCCN3Cc2ccc(S(N)(=O)=O)cc2)sc1C(=O)O. The van der Waals surface area contributed by atoms with Crippen molar-refractivity contribution in [1.29, 1.82) is 0 Å². The predicted octanol–water partition coefficient (Wildman–Crippen LogP) is 2.88. The zero-order valence-corrected chi connectivity index (χ0v) is 23.8. The number of primary sulfonamides is 1. The van der Waals surface area contributed by atoms with Crippen LogP contribution in [-0.4, -0.2) is 65.8 Å². The molecular formula is C26H33N7O5S2. The molecule has 2 aromatic heterocycles. The van der Waals surface area contributed by atoms with Gasteiger partial charge in [0.05, 0.1) is 10.6 Å². The fourth-order valence-electron chi connectivity index (χ4n) is 5.28. The molecule has 5 rings (SSSR count). The average molecular weight is 588 g/mol. The number of aliphatic hydroxyl groups is 1. The third-order valence-electron chi connectivity index (χ3n) is 7.28. The van der Waals surface area contributed by atoms with E-state index in [2.05, 4.69) is 20.1 Å². The van der Waals surface area contributed by atoms with Gasteiger partial charge in [0, 0.05) is 38.3 Å². The van der Waals surface area contributed by atoms with Gasteiger partial charge in [-0.25, -0.2) is 23.3 Å². The third-order valence-corrected chi connectivity index (χ3v) is 9.27. The minimum atomic E-state index is -3.78. The molecule has 2 aliphatic rings. The van der Waals surface area contributed by atoms with Crippen LogP contribution >= 0.6 is 11.3 Å². The minimum Gasteiger partial charge on any atom is -0.477 e. The van der Waals surface area contributed by atoms with E-state index in [0.717, 1.165) is 79.3 Å². The van der Waals surface area contributed by atoms with Crippen LogP contribution in [-0.2, 0) is 23.0 Å². The van der Waals surface area contributed by atoms with Crippen molar-refractivity contribution in [3.05, 3.63) is 46.0 Å². The van der Waals surface area contributed by atoms with E-state index in [1.807, 2.05) is 0 Å². The van der Waals surface area contributed by atoms with Gasteiger partial charge >= 0.3 is 5.97 Å². The number of benzene rings is 1. The van der Waals surface area contributed by atoms with Crippen molar-refractivity contribution >= 4 is 50.0 Å². The highest BCUT2D eigenvalue weighted by Crippen LogP contribution is 2.36. The van der Waals surface area contributed by atoms with Crippen LogP contribution in [0, 0.1) is 12.8 Å². The number of thiazole rings is 1. The lowest BCUT2D eigenvalue weighted by atomic mass is 9.98. The van der Waals surface area contributed by atoms with E-state index in [9.17, 15) is 23.4 Å². The van der Waals surface area contributed by atoms with Gasteiger partial charge < -0.3 is 20.0 Å². The van der Waals surface area contributed by atoms with Crippen LogP contribution in [0.25, 0.3) is 0 Å². The molecule has 1 saturated heterocycles. The molecule has 3 aromatic rings. The first kappa shape index (κ1) is 28.2. The van der Waals surface area contributed by atoms with Gasteiger partial charge in [0.25, 0.3) is 0 Å². The number of nitrogens with zero attached hydrogens (tertiary/aromatic N) is 5. The van der Waals surface area contributed by atoms with Crippen molar-refractivity contribution in [1.82, 2.24) is 15.0 Å². The summed E-state index contributed by atoms with van der Waals surface area (Å²) >= 11 is 1.03. The summed E-state index contributed by atoms with van der Waals surface area (Å²) in [5.41, 5.74) is 2.36. The molecule has 0 saturated carbocycles. The van der Waals surface area contributed by atoms with Crippen molar-refractivity contribution in [3.8, 4) is 0 Å². The van der Waals surface area contributed by atoms with Crippen LogP contribution in [0.15, 0.2) is 29.2 Å². The summed E-state index contributed by atoms with van der Waals surface area (Å²) in [6.45, 7) is 4.53. The number of carboxylic acid groups (broad SMARTS) is 1. The zero-order valence-electron chi connectivity index (χ0n) is 22.2. The topological polar surface area (TPSA) is 175 Å². The number of carboxylic acids is 1. The molecule has 2 aliphatic heterocycles. The lowest BCUT2D eigenvalue weighted by Crippen LogP contribution is -2.38. The highest BCUT2D eigenvalue weighted by molar-refractivity contribution is 7.89.